The molecule has 0 aliphatic carbocycles. The fourth-order valence-corrected chi connectivity index (χ4v) is 5.27. The Morgan fingerprint density at radius 3 is 2.57 bits per heavy atom. The minimum absolute atomic E-state index is 0.0622. The highest BCUT2D eigenvalue weighted by Gasteiger charge is 2.48. The molecule has 1 unspecified atom stereocenters. The van der Waals surface area contributed by atoms with Gasteiger partial charge < -0.3 is 24.3 Å². The van der Waals surface area contributed by atoms with E-state index in [2.05, 4.69) is 9.97 Å². The largest absolute Gasteiger partial charge is 0.507 e. The zero-order chi connectivity index (χ0) is 26.3. The number of aliphatic hydroxyl groups excluding tert-OH is 1. The molecule has 2 aromatic carbocycles. The molecular formula is C26H22ClN3O6S. The van der Waals surface area contributed by atoms with Crippen LogP contribution in [0.5, 0.6) is 17.2 Å². The molecule has 5 rings (SSSR count). The van der Waals surface area contributed by atoms with Crippen LogP contribution in [0.3, 0.4) is 0 Å². The van der Waals surface area contributed by atoms with Crippen LogP contribution in [0, 0.1) is 0 Å². The van der Waals surface area contributed by atoms with Crippen LogP contribution in [-0.4, -0.2) is 47.6 Å². The van der Waals surface area contributed by atoms with Gasteiger partial charge in [-0.25, -0.2) is 4.98 Å². The molecule has 0 spiro atoms. The second-order valence-electron chi connectivity index (χ2n) is 8.05. The van der Waals surface area contributed by atoms with E-state index in [0.717, 1.165) is 0 Å². The van der Waals surface area contributed by atoms with Gasteiger partial charge in [0.1, 0.15) is 17.6 Å². The van der Waals surface area contributed by atoms with E-state index < -0.39 is 17.7 Å². The van der Waals surface area contributed by atoms with Crippen LogP contribution < -0.4 is 19.1 Å². The average Bonchev–Trinajstić information content (AvgIpc) is 3.62. The summed E-state index contributed by atoms with van der Waals surface area (Å²) in [6.07, 6.45) is 0. The fourth-order valence-electron chi connectivity index (χ4n) is 4.28. The summed E-state index contributed by atoms with van der Waals surface area (Å²) in [6.45, 7) is 2.18. The summed E-state index contributed by atoms with van der Waals surface area (Å²) in [5, 5.41) is 13.5. The van der Waals surface area contributed by atoms with E-state index in [0.29, 0.717) is 50.4 Å². The first-order valence-corrected chi connectivity index (χ1v) is 12.5. The smallest absolute Gasteiger partial charge is 0.302 e. The number of carbonyl (C=O) groups is 2. The maximum atomic E-state index is 13.4. The number of hydrogen-bond acceptors (Lipinski definition) is 8. The van der Waals surface area contributed by atoms with Crippen molar-refractivity contribution in [1.29, 1.82) is 0 Å². The van der Waals surface area contributed by atoms with E-state index >= 15 is 0 Å². The molecule has 0 bridgehead atoms. The van der Waals surface area contributed by atoms with Gasteiger partial charge in [-0.2, -0.15) is 0 Å². The number of halogens is 1. The molecule has 3 heterocycles. The molecule has 11 heteroatoms. The number of carbonyl (C=O) groups excluding carboxylic acids is 2. The van der Waals surface area contributed by atoms with E-state index in [1.54, 1.807) is 36.4 Å². The predicted octanol–water partition coefficient (Wildman–Crippen LogP) is 5.32. The maximum absolute atomic E-state index is 13.4. The van der Waals surface area contributed by atoms with Crippen molar-refractivity contribution >= 4 is 57.4 Å². The van der Waals surface area contributed by atoms with E-state index in [9.17, 15) is 14.7 Å². The molecule has 190 valence electrons. The second kappa shape index (κ2) is 9.79. The summed E-state index contributed by atoms with van der Waals surface area (Å²) in [7, 11) is 3.03. The number of thiophene rings is 1. The third kappa shape index (κ3) is 4.17. The normalized spacial score (nSPS) is 17.0. The van der Waals surface area contributed by atoms with Crippen LogP contribution >= 0.6 is 22.9 Å². The summed E-state index contributed by atoms with van der Waals surface area (Å²) >= 11 is 7.56. The number of Topliss-reactive ketones (excluding diaryl/α,β-unsaturated/α-hetero) is 1. The zero-order valence-electron chi connectivity index (χ0n) is 20.1. The van der Waals surface area contributed by atoms with Crippen molar-refractivity contribution in [2.45, 2.75) is 13.0 Å². The van der Waals surface area contributed by atoms with Crippen molar-refractivity contribution in [3.63, 3.8) is 0 Å². The number of ether oxygens (including phenoxy) is 3. The van der Waals surface area contributed by atoms with Crippen LogP contribution in [0.25, 0.3) is 16.8 Å². The van der Waals surface area contributed by atoms with Gasteiger partial charge in [0, 0.05) is 22.6 Å². The van der Waals surface area contributed by atoms with Gasteiger partial charge in [0.25, 0.3) is 5.78 Å². The number of rotatable bonds is 7. The van der Waals surface area contributed by atoms with E-state index in [1.165, 1.54) is 30.5 Å². The van der Waals surface area contributed by atoms with Crippen molar-refractivity contribution in [3.05, 3.63) is 68.9 Å². The molecule has 1 fully saturated rings. The summed E-state index contributed by atoms with van der Waals surface area (Å²) in [5.74, 6) is -0.536. The van der Waals surface area contributed by atoms with Gasteiger partial charge in [-0.1, -0.05) is 17.7 Å². The van der Waals surface area contributed by atoms with Crippen molar-refractivity contribution in [2.75, 3.05) is 25.7 Å². The lowest BCUT2D eigenvalue weighted by Gasteiger charge is -2.21. The Morgan fingerprint density at radius 2 is 1.89 bits per heavy atom. The summed E-state index contributed by atoms with van der Waals surface area (Å²) < 4.78 is 16.3. The van der Waals surface area contributed by atoms with Gasteiger partial charge in [0.15, 0.2) is 11.5 Å². The maximum Gasteiger partial charge on any atom is 0.302 e. The van der Waals surface area contributed by atoms with Crippen LogP contribution in [0.15, 0.2) is 53.4 Å². The lowest BCUT2D eigenvalue weighted by molar-refractivity contribution is -0.132. The Bertz CT molecular complexity index is 1500. The van der Waals surface area contributed by atoms with E-state index in [4.69, 9.17) is 25.8 Å². The summed E-state index contributed by atoms with van der Waals surface area (Å²) in [6, 6.07) is 10.7. The number of nitrogens with one attached hydrogen (secondary N) is 1. The molecule has 1 saturated heterocycles. The molecule has 2 N–H and O–H groups in total. The van der Waals surface area contributed by atoms with Gasteiger partial charge in [0.05, 0.1) is 42.5 Å². The number of fused-ring (bicyclic) bond motifs is 1. The fraction of sp³-hybridized carbons (Fsp3) is 0.192. The van der Waals surface area contributed by atoms with Crippen LogP contribution in [-0.2, 0) is 9.59 Å². The highest BCUT2D eigenvalue weighted by Crippen LogP contribution is 2.44. The summed E-state index contributed by atoms with van der Waals surface area (Å²) in [5.41, 5.74) is 1.33. The highest BCUT2D eigenvalue weighted by atomic mass is 35.5. The molecular weight excluding hydrogens is 518 g/mol. The molecule has 2 aromatic heterocycles. The number of aromatic nitrogens is 2. The Morgan fingerprint density at radius 1 is 1.14 bits per heavy atom. The minimum Gasteiger partial charge on any atom is -0.507 e. The lowest BCUT2D eigenvalue weighted by Crippen LogP contribution is -2.30. The first-order chi connectivity index (χ1) is 17.9. The van der Waals surface area contributed by atoms with Crippen molar-refractivity contribution in [2.24, 2.45) is 0 Å². The lowest BCUT2D eigenvalue weighted by atomic mass is 10.00. The minimum atomic E-state index is -0.907. The molecule has 1 atom stereocenters. The van der Waals surface area contributed by atoms with Crippen LogP contribution in [0.1, 0.15) is 23.4 Å². The molecule has 1 amide bonds. The number of amides is 1. The molecule has 4 aromatic rings. The number of nitrogens with zero attached hydrogens (tertiary/aromatic N) is 2. The number of imidazole rings is 1. The number of H-pyrrole nitrogens is 1. The standard InChI is InChI=1S/C26H22ClN3O6S/c1-4-36-17-10-13(7-8-14(17)27)23(31)21-22(20-6-5-9-37-20)30(25(33)24(21)32)26-28-15-11-18(34-2)19(35-3)12-16(15)29-26/h5-12,22,31H,4H2,1-3H3,(H,28,29)/b23-21+. The number of benzene rings is 2. The molecule has 37 heavy (non-hydrogen) atoms. The number of hydrogen-bond donors (Lipinski definition) is 2. The molecule has 0 radical (unpaired) electrons. The highest BCUT2D eigenvalue weighted by molar-refractivity contribution is 7.10. The molecule has 0 saturated carbocycles. The third-order valence-electron chi connectivity index (χ3n) is 5.96. The molecule has 1 aliphatic heterocycles. The quantitative estimate of drug-likeness (QED) is 0.185. The zero-order valence-corrected chi connectivity index (χ0v) is 21.6. The predicted molar refractivity (Wildman–Crippen MR) is 141 cm³/mol. The molecule has 9 nitrogen and oxygen atoms in total. The Balaban J connectivity index is 1.68. The van der Waals surface area contributed by atoms with Crippen molar-refractivity contribution in [1.82, 2.24) is 9.97 Å². The Kier molecular flexibility index (Phi) is 6.53. The van der Waals surface area contributed by atoms with E-state index in [1.807, 2.05) is 18.4 Å². The van der Waals surface area contributed by atoms with Crippen LogP contribution in [0.2, 0.25) is 5.02 Å². The topological polar surface area (TPSA) is 114 Å². The number of ketones is 1. The number of aliphatic hydroxyl groups is 1. The average molecular weight is 540 g/mol. The monoisotopic (exact) mass is 539 g/mol. The van der Waals surface area contributed by atoms with Gasteiger partial charge in [-0.05, 0) is 36.6 Å². The Hall–Kier alpha value is -4.02. The summed E-state index contributed by atoms with van der Waals surface area (Å²) in [4.78, 5) is 36.4. The van der Waals surface area contributed by atoms with Gasteiger partial charge in [-0.15, -0.1) is 11.3 Å². The van der Waals surface area contributed by atoms with Gasteiger partial charge in [-0.3, -0.25) is 14.5 Å². The number of methoxy groups -OCH3 is 2. The van der Waals surface area contributed by atoms with Crippen molar-refractivity contribution in [3.8, 4) is 17.2 Å². The first-order valence-electron chi connectivity index (χ1n) is 11.3. The second-order valence-corrected chi connectivity index (χ2v) is 9.43. The van der Waals surface area contributed by atoms with Gasteiger partial charge in [0.2, 0.25) is 5.95 Å². The van der Waals surface area contributed by atoms with Gasteiger partial charge >= 0.3 is 5.91 Å². The number of aromatic amines is 1. The van der Waals surface area contributed by atoms with Crippen LogP contribution in [0.4, 0.5) is 5.95 Å². The first kappa shape index (κ1) is 24.7. The Labute approximate surface area is 220 Å². The SMILES string of the molecule is CCOc1cc(/C(O)=C2\C(=O)C(=O)N(c3nc4cc(OC)c(OC)cc4[nH]3)C2c2cccs2)ccc1Cl. The molecule has 1 aliphatic rings. The number of anilines is 1. The third-order valence-corrected chi connectivity index (χ3v) is 7.20. The van der Waals surface area contributed by atoms with Crippen molar-refractivity contribution < 1.29 is 28.9 Å². The van der Waals surface area contributed by atoms with E-state index in [-0.39, 0.29) is 17.3 Å².